The molecule has 1 aliphatic heterocycles. The molecule has 1 saturated heterocycles. The molecule has 7 heteroatoms. The number of amides is 1. The van der Waals surface area contributed by atoms with Gasteiger partial charge in [-0.25, -0.2) is 4.39 Å². The Morgan fingerprint density at radius 1 is 1.22 bits per heavy atom. The Hall–Kier alpha value is -2.67. The smallest absolute Gasteiger partial charge is 0.237 e. The second-order valence-corrected chi connectivity index (χ2v) is 6.72. The molecule has 0 unspecified atom stereocenters. The third kappa shape index (κ3) is 4.54. The Morgan fingerprint density at radius 3 is 2.56 bits per heavy atom. The molecule has 0 aliphatic carbocycles. The number of nitrogens with zero attached hydrogens (tertiary/aromatic N) is 2. The number of nitrogens with one attached hydrogen (secondary N) is 1. The number of piperazine rings is 1. The first kappa shape index (κ1) is 19.1. The van der Waals surface area contributed by atoms with Crippen LogP contribution in [0.4, 0.5) is 10.1 Å². The molecule has 1 atom stereocenters. The topological polar surface area (TPSA) is 65.8 Å². The molecule has 27 heavy (non-hydrogen) atoms. The van der Waals surface area contributed by atoms with Crippen LogP contribution in [-0.2, 0) is 11.3 Å². The second kappa shape index (κ2) is 8.35. The van der Waals surface area contributed by atoms with Crippen molar-refractivity contribution in [1.29, 1.82) is 0 Å². The third-order valence-electron chi connectivity index (χ3n) is 4.95. The van der Waals surface area contributed by atoms with E-state index in [0.29, 0.717) is 49.7 Å². The third-order valence-corrected chi connectivity index (χ3v) is 4.95. The normalized spacial score (nSPS) is 16.2. The van der Waals surface area contributed by atoms with E-state index in [1.54, 1.807) is 24.5 Å². The summed E-state index contributed by atoms with van der Waals surface area (Å²) in [6.07, 6.45) is 1.58. The van der Waals surface area contributed by atoms with E-state index in [1.165, 1.54) is 13.0 Å². The molecule has 1 N–H and O–H groups in total. The number of rotatable bonds is 6. The van der Waals surface area contributed by atoms with Gasteiger partial charge in [0, 0.05) is 31.7 Å². The summed E-state index contributed by atoms with van der Waals surface area (Å²) >= 11 is 0. The minimum atomic E-state index is -0.389. The quantitative estimate of drug-likeness (QED) is 0.788. The Bertz CT molecular complexity index is 799. The van der Waals surface area contributed by atoms with Gasteiger partial charge in [-0.1, -0.05) is 0 Å². The van der Waals surface area contributed by atoms with E-state index < -0.39 is 0 Å². The molecule has 1 aromatic heterocycles. The zero-order chi connectivity index (χ0) is 19.4. The number of hydrogen-bond acceptors (Lipinski definition) is 5. The SMILES string of the molecule is CC(=O)c1ccc(N2CCN([C@@H](C)C(=O)NCc3ccco3)CC2)c(F)c1. The number of Topliss-reactive ketones (excluding diaryl/α,β-unsaturated/α-hetero) is 1. The second-order valence-electron chi connectivity index (χ2n) is 6.72. The average Bonchev–Trinajstić information content (AvgIpc) is 3.19. The highest BCUT2D eigenvalue weighted by molar-refractivity contribution is 5.94. The number of halogens is 1. The zero-order valence-electron chi connectivity index (χ0n) is 15.6. The van der Waals surface area contributed by atoms with Gasteiger partial charge in [-0.3, -0.25) is 14.5 Å². The van der Waals surface area contributed by atoms with Gasteiger partial charge in [0.05, 0.1) is 24.5 Å². The number of carbonyl (C=O) groups excluding carboxylic acids is 2. The van der Waals surface area contributed by atoms with Crippen molar-refractivity contribution in [3.05, 3.63) is 53.7 Å². The van der Waals surface area contributed by atoms with E-state index in [1.807, 2.05) is 17.9 Å². The fourth-order valence-corrected chi connectivity index (χ4v) is 3.23. The summed E-state index contributed by atoms with van der Waals surface area (Å²) in [5.74, 6) is 0.113. The molecule has 6 nitrogen and oxygen atoms in total. The van der Waals surface area contributed by atoms with E-state index in [0.717, 1.165) is 0 Å². The molecule has 0 saturated carbocycles. The lowest BCUT2D eigenvalue weighted by Crippen LogP contribution is -2.54. The average molecular weight is 373 g/mol. The highest BCUT2D eigenvalue weighted by atomic mass is 19.1. The lowest BCUT2D eigenvalue weighted by atomic mass is 10.1. The molecule has 1 aliphatic rings. The van der Waals surface area contributed by atoms with Gasteiger partial charge in [-0.05, 0) is 44.2 Å². The van der Waals surface area contributed by atoms with Crippen molar-refractivity contribution in [2.75, 3.05) is 31.1 Å². The number of furan rings is 1. The predicted molar refractivity (Wildman–Crippen MR) is 100 cm³/mol. The van der Waals surface area contributed by atoms with Crippen LogP contribution in [0, 0.1) is 5.82 Å². The van der Waals surface area contributed by atoms with Crippen LogP contribution in [0.25, 0.3) is 0 Å². The molecule has 0 radical (unpaired) electrons. The molecule has 3 rings (SSSR count). The van der Waals surface area contributed by atoms with Gasteiger partial charge in [-0.2, -0.15) is 0 Å². The van der Waals surface area contributed by atoms with Crippen LogP contribution in [0.3, 0.4) is 0 Å². The van der Waals surface area contributed by atoms with Gasteiger partial charge in [0.25, 0.3) is 0 Å². The van der Waals surface area contributed by atoms with Crippen LogP contribution < -0.4 is 10.2 Å². The monoisotopic (exact) mass is 373 g/mol. The van der Waals surface area contributed by atoms with Gasteiger partial charge in [0.2, 0.25) is 5.91 Å². The van der Waals surface area contributed by atoms with Crippen molar-refractivity contribution in [3.63, 3.8) is 0 Å². The van der Waals surface area contributed by atoms with Gasteiger partial charge >= 0.3 is 0 Å². The Morgan fingerprint density at radius 2 is 1.96 bits per heavy atom. The Balaban J connectivity index is 1.53. The van der Waals surface area contributed by atoms with Crippen molar-refractivity contribution in [2.45, 2.75) is 26.4 Å². The first-order chi connectivity index (χ1) is 13.0. The van der Waals surface area contributed by atoms with Crippen molar-refractivity contribution >= 4 is 17.4 Å². The molecular formula is C20H24FN3O3. The van der Waals surface area contributed by atoms with Gasteiger partial charge in [-0.15, -0.1) is 0 Å². The predicted octanol–water partition coefficient (Wildman–Crippen LogP) is 2.45. The van der Waals surface area contributed by atoms with Gasteiger partial charge < -0.3 is 14.6 Å². The van der Waals surface area contributed by atoms with E-state index in [9.17, 15) is 14.0 Å². The highest BCUT2D eigenvalue weighted by Crippen LogP contribution is 2.22. The van der Waals surface area contributed by atoms with Gasteiger partial charge in [0.15, 0.2) is 5.78 Å². The van der Waals surface area contributed by atoms with Crippen LogP contribution in [0.1, 0.15) is 30.0 Å². The number of hydrogen-bond donors (Lipinski definition) is 1. The minimum absolute atomic E-state index is 0.0585. The fourth-order valence-electron chi connectivity index (χ4n) is 3.23. The van der Waals surface area contributed by atoms with Crippen molar-refractivity contribution in [1.82, 2.24) is 10.2 Å². The number of ketones is 1. The van der Waals surface area contributed by atoms with Crippen LogP contribution in [0.15, 0.2) is 41.0 Å². The van der Waals surface area contributed by atoms with E-state index in [4.69, 9.17) is 4.42 Å². The summed E-state index contributed by atoms with van der Waals surface area (Å²) in [5, 5.41) is 2.87. The summed E-state index contributed by atoms with van der Waals surface area (Å²) in [7, 11) is 0. The Labute approximate surface area is 157 Å². The lowest BCUT2D eigenvalue weighted by molar-refractivity contribution is -0.126. The van der Waals surface area contributed by atoms with Crippen LogP contribution in [-0.4, -0.2) is 48.8 Å². The van der Waals surface area contributed by atoms with Crippen LogP contribution in [0.2, 0.25) is 0 Å². The number of carbonyl (C=O) groups is 2. The summed E-state index contributed by atoms with van der Waals surface area (Å²) in [6, 6.07) is 7.92. The molecule has 144 valence electrons. The van der Waals surface area contributed by atoms with E-state index in [-0.39, 0.29) is 23.5 Å². The lowest BCUT2D eigenvalue weighted by Gasteiger charge is -2.38. The Kier molecular flexibility index (Phi) is 5.91. The van der Waals surface area contributed by atoms with Crippen molar-refractivity contribution in [3.8, 4) is 0 Å². The molecule has 1 fully saturated rings. The maximum absolute atomic E-state index is 14.3. The zero-order valence-corrected chi connectivity index (χ0v) is 15.6. The van der Waals surface area contributed by atoms with Gasteiger partial charge in [0.1, 0.15) is 11.6 Å². The summed E-state index contributed by atoms with van der Waals surface area (Å²) in [5.41, 5.74) is 0.867. The first-order valence-corrected chi connectivity index (χ1v) is 9.05. The first-order valence-electron chi connectivity index (χ1n) is 9.05. The highest BCUT2D eigenvalue weighted by Gasteiger charge is 2.26. The van der Waals surface area contributed by atoms with Crippen LogP contribution >= 0.6 is 0 Å². The summed E-state index contributed by atoms with van der Waals surface area (Å²) < 4.78 is 19.5. The fraction of sp³-hybridized carbons (Fsp3) is 0.400. The van der Waals surface area contributed by atoms with Crippen molar-refractivity contribution in [2.24, 2.45) is 0 Å². The van der Waals surface area contributed by atoms with Crippen LogP contribution in [0.5, 0.6) is 0 Å². The maximum Gasteiger partial charge on any atom is 0.237 e. The molecule has 2 aromatic rings. The molecule has 1 aromatic carbocycles. The summed E-state index contributed by atoms with van der Waals surface area (Å²) in [6.45, 7) is 6.20. The van der Waals surface area contributed by atoms with E-state index in [2.05, 4.69) is 10.2 Å². The summed E-state index contributed by atoms with van der Waals surface area (Å²) in [4.78, 5) is 27.7. The maximum atomic E-state index is 14.3. The number of benzene rings is 1. The van der Waals surface area contributed by atoms with E-state index >= 15 is 0 Å². The molecular weight excluding hydrogens is 349 g/mol. The largest absolute Gasteiger partial charge is 0.467 e. The van der Waals surface area contributed by atoms with Crippen molar-refractivity contribution < 1.29 is 18.4 Å². The number of anilines is 1. The minimum Gasteiger partial charge on any atom is -0.467 e. The standard InChI is InChI=1S/C20H24FN3O3/c1-14(20(26)22-13-17-4-3-11-27-17)23-7-9-24(10-8-23)19-6-5-16(15(2)25)12-18(19)21/h3-6,11-12,14H,7-10,13H2,1-2H3,(H,22,26)/t14-/m0/s1. The molecule has 0 spiro atoms. The molecule has 0 bridgehead atoms. The molecule has 2 heterocycles. The molecule has 1 amide bonds.